The van der Waals surface area contributed by atoms with Crippen molar-refractivity contribution in [3.8, 4) is 0 Å². The van der Waals surface area contributed by atoms with Gasteiger partial charge in [-0.05, 0) is 31.0 Å². The van der Waals surface area contributed by atoms with Gasteiger partial charge < -0.3 is 10.6 Å². The molecular formula is C15H15F2N3OS. The van der Waals surface area contributed by atoms with E-state index in [1.807, 2.05) is 0 Å². The molecule has 116 valence electrons. The van der Waals surface area contributed by atoms with Gasteiger partial charge in [0.15, 0.2) is 5.13 Å². The first kappa shape index (κ1) is 15.1. The van der Waals surface area contributed by atoms with Gasteiger partial charge in [-0.25, -0.2) is 13.8 Å². The third kappa shape index (κ3) is 3.48. The van der Waals surface area contributed by atoms with Crippen molar-refractivity contribution in [2.45, 2.75) is 25.3 Å². The highest BCUT2D eigenvalue weighted by Gasteiger charge is 2.22. The lowest BCUT2D eigenvalue weighted by Crippen LogP contribution is -2.35. The smallest absolute Gasteiger partial charge is 0.243 e. The minimum atomic E-state index is -0.595. The van der Waals surface area contributed by atoms with Crippen LogP contribution in [0.5, 0.6) is 0 Å². The summed E-state index contributed by atoms with van der Waals surface area (Å²) in [6.45, 7) is 0.852. The SMILES string of the molecule is O=C(Nc1ncc(Cc2ccc(F)cc2F)s1)C1CCCN1. The molecule has 2 aromatic rings. The zero-order valence-electron chi connectivity index (χ0n) is 11.7. The number of carbonyl (C=O) groups excluding carboxylic acids is 1. The minimum absolute atomic E-state index is 0.0913. The van der Waals surface area contributed by atoms with Gasteiger partial charge in [-0.2, -0.15) is 0 Å². The van der Waals surface area contributed by atoms with Crippen molar-refractivity contribution in [1.82, 2.24) is 10.3 Å². The van der Waals surface area contributed by atoms with Crippen LogP contribution in [0.25, 0.3) is 0 Å². The molecule has 0 bridgehead atoms. The third-order valence-electron chi connectivity index (χ3n) is 3.54. The molecule has 3 rings (SSSR count). The molecule has 1 amide bonds. The Morgan fingerprint density at radius 2 is 2.32 bits per heavy atom. The van der Waals surface area contributed by atoms with Crippen molar-refractivity contribution < 1.29 is 13.6 Å². The van der Waals surface area contributed by atoms with Gasteiger partial charge in [0.1, 0.15) is 11.6 Å². The second-order valence-electron chi connectivity index (χ2n) is 5.18. The zero-order chi connectivity index (χ0) is 15.5. The van der Waals surface area contributed by atoms with Gasteiger partial charge in [0.2, 0.25) is 5.91 Å². The maximum Gasteiger partial charge on any atom is 0.243 e. The molecule has 1 aromatic heterocycles. The number of halogens is 2. The van der Waals surface area contributed by atoms with E-state index in [1.165, 1.54) is 23.5 Å². The van der Waals surface area contributed by atoms with Crippen LogP contribution in [0, 0.1) is 11.6 Å². The molecule has 1 unspecified atom stereocenters. The summed E-state index contributed by atoms with van der Waals surface area (Å²) >= 11 is 1.30. The minimum Gasteiger partial charge on any atom is -0.306 e. The molecule has 1 fully saturated rings. The molecule has 1 aromatic carbocycles. The summed E-state index contributed by atoms with van der Waals surface area (Å²) in [6.07, 6.45) is 3.74. The molecule has 0 saturated carbocycles. The van der Waals surface area contributed by atoms with E-state index in [2.05, 4.69) is 15.6 Å². The number of amides is 1. The van der Waals surface area contributed by atoms with Gasteiger partial charge >= 0.3 is 0 Å². The second kappa shape index (κ2) is 6.50. The first-order valence-electron chi connectivity index (χ1n) is 7.05. The predicted octanol–water partition coefficient (Wildman–Crippen LogP) is 2.70. The van der Waals surface area contributed by atoms with Crippen LogP contribution < -0.4 is 10.6 Å². The quantitative estimate of drug-likeness (QED) is 0.909. The van der Waals surface area contributed by atoms with Crippen LogP contribution in [0.3, 0.4) is 0 Å². The number of nitrogens with one attached hydrogen (secondary N) is 2. The van der Waals surface area contributed by atoms with Gasteiger partial charge in [0.05, 0.1) is 6.04 Å². The van der Waals surface area contributed by atoms with Crippen LogP contribution in [0.1, 0.15) is 23.3 Å². The molecule has 2 heterocycles. The Bertz CT molecular complexity index is 683. The van der Waals surface area contributed by atoms with Crippen LogP contribution in [-0.4, -0.2) is 23.5 Å². The normalized spacial score (nSPS) is 17.6. The largest absolute Gasteiger partial charge is 0.306 e. The van der Waals surface area contributed by atoms with Crippen molar-refractivity contribution in [1.29, 1.82) is 0 Å². The number of aromatic nitrogens is 1. The predicted molar refractivity (Wildman–Crippen MR) is 80.9 cm³/mol. The van der Waals surface area contributed by atoms with E-state index >= 15 is 0 Å². The Labute approximate surface area is 130 Å². The number of benzene rings is 1. The number of anilines is 1. The molecule has 4 nitrogen and oxygen atoms in total. The average Bonchev–Trinajstić information content (AvgIpc) is 3.13. The van der Waals surface area contributed by atoms with Gasteiger partial charge in [0, 0.05) is 23.6 Å². The molecular weight excluding hydrogens is 308 g/mol. The summed E-state index contributed by atoms with van der Waals surface area (Å²) < 4.78 is 26.5. The fraction of sp³-hybridized carbons (Fsp3) is 0.333. The summed E-state index contributed by atoms with van der Waals surface area (Å²) in [5.74, 6) is -1.26. The molecule has 0 radical (unpaired) electrons. The molecule has 1 atom stereocenters. The molecule has 0 aliphatic carbocycles. The topological polar surface area (TPSA) is 54.0 Å². The number of hydrogen-bond acceptors (Lipinski definition) is 4. The Hall–Kier alpha value is -1.86. The van der Waals surface area contributed by atoms with Crippen molar-refractivity contribution >= 4 is 22.4 Å². The number of nitrogens with zero attached hydrogens (tertiary/aromatic N) is 1. The highest BCUT2D eigenvalue weighted by atomic mass is 32.1. The molecule has 1 aliphatic rings. The highest BCUT2D eigenvalue weighted by Crippen LogP contribution is 2.23. The lowest BCUT2D eigenvalue weighted by Gasteiger charge is -2.08. The Morgan fingerprint density at radius 1 is 1.45 bits per heavy atom. The van der Waals surface area contributed by atoms with E-state index in [-0.39, 0.29) is 11.9 Å². The van der Waals surface area contributed by atoms with E-state index in [0.717, 1.165) is 30.3 Å². The summed E-state index contributed by atoms with van der Waals surface area (Å²) in [4.78, 5) is 16.9. The van der Waals surface area contributed by atoms with Crippen molar-refractivity contribution in [2.75, 3.05) is 11.9 Å². The molecule has 22 heavy (non-hydrogen) atoms. The van der Waals surface area contributed by atoms with Gasteiger partial charge in [0.25, 0.3) is 0 Å². The monoisotopic (exact) mass is 323 g/mol. The third-order valence-corrected chi connectivity index (χ3v) is 4.45. The number of rotatable bonds is 4. The molecule has 1 saturated heterocycles. The Balaban J connectivity index is 1.64. The Morgan fingerprint density at radius 3 is 3.05 bits per heavy atom. The lowest BCUT2D eigenvalue weighted by molar-refractivity contribution is -0.117. The molecule has 1 aliphatic heterocycles. The Kier molecular flexibility index (Phi) is 4.44. The maximum atomic E-state index is 13.6. The average molecular weight is 323 g/mol. The number of carbonyl (C=O) groups is 1. The van der Waals surface area contributed by atoms with Crippen molar-refractivity contribution in [3.63, 3.8) is 0 Å². The molecule has 2 N–H and O–H groups in total. The molecule has 7 heteroatoms. The van der Waals surface area contributed by atoms with E-state index in [1.54, 1.807) is 6.20 Å². The van der Waals surface area contributed by atoms with Gasteiger partial charge in [-0.15, -0.1) is 11.3 Å². The maximum absolute atomic E-state index is 13.6. The van der Waals surface area contributed by atoms with Gasteiger partial charge in [-0.3, -0.25) is 4.79 Å². The standard InChI is InChI=1S/C15H15F2N3OS/c16-10-4-3-9(12(17)7-10)6-11-8-19-15(22-11)20-14(21)13-2-1-5-18-13/h3-4,7-8,13,18H,1-2,5-6H2,(H,19,20,21). The zero-order valence-corrected chi connectivity index (χ0v) is 12.6. The lowest BCUT2D eigenvalue weighted by atomic mass is 10.1. The number of hydrogen-bond donors (Lipinski definition) is 2. The van der Waals surface area contributed by atoms with Crippen molar-refractivity contribution in [3.05, 3.63) is 46.5 Å². The number of thiazole rings is 1. The highest BCUT2D eigenvalue weighted by molar-refractivity contribution is 7.15. The summed E-state index contributed by atoms with van der Waals surface area (Å²) in [5.41, 5.74) is 0.403. The van der Waals surface area contributed by atoms with Crippen LogP contribution in [-0.2, 0) is 11.2 Å². The first-order chi connectivity index (χ1) is 10.6. The van der Waals surface area contributed by atoms with Crippen LogP contribution in [0.15, 0.2) is 24.4 Å². The summed E-state index contributed by atoms with van der Waals surface area (Å²) in [5, 5.41) is 6.38. The second-order valence-corrected chi connectivity index (χ2v) is 6.30. The van der Waals surface area contributed by atoms with Crippen LogP contribution in [0.2, 0.25) is 0 Å². The van der Waals surface area contributed by atoms with E-state index in [4.69, 9.17) is 0 Å². The van der Waals surface area contributed by atoms with Crippen LogP contribution in [0.4, 0.5) is 13.9 Å². The van der Waals surface area contributed by atoms with Gasteiger partial charge in [-0.1, -0.05) is 6.07 Å². The molecule has 0 spiro atoms. The summed E-state index contributed by atoms with van der Waals surface area (Å²) in [7, 11) is 0. The van der Waals surface area contributed by atoms with Crippen LogP contribution >= 0.6 is 11.3 Å². The fourth-order valence-electron chi connectivity index (χ4n) is 2.40. The van der Waals surface area contributed by atoms with E-state index in [0.29, 0.717) is 17.1 Å². The summed E-state index contributed by atoms with van der Waals surface area (Å²) in [6, 6.07) is 3.35. The fourth-order valence-corrected chi connectivity index (χ4v) is 3.24. The van der Waals surface area contributed by atoms with E-state index in [9.17, 15) is 13.6 Å². The van der Waals surface area contributed by atoms with Crippen molar-refractivity contribution in [2.24, 2.45) is 0 Å². The first-order valence-corrected chi connectivity index (χ1v) is 7.86. The van der Waals surface area contributed by atoms with E-state index < -0.39 is 11.6 Å².